The number of carbonyl (C=O) groups excluding carboxylic acids is 1. The predicted molar refractivity (Wildman–Crippen MR) is 101 cm³/mol. The fourth-order valence-corrected chi connectivity index (χ4v) is 3.16. The number of likely N-dealkylation sites (N-methyl/N-ethyl adjacent to an activating group) is 1. The van der Waals surface area contributed by atoms with E-state index in [0.29, 0.717) is 28.7 Å². The molecular formula is C16H22Cl2N2O2S. The summed E-state index contributed by atoms with van der Waals surface area (Å²) in [5, 5.41) is 1.42. The van der Waals surface area contributed by atoms with Crippen molar-refractivity contribution in [2.24, 2.45) is 4.99 Å². The molecule has 0 atom stereocenters. The van der Waals surface area contributed by atoms with Crippen LogP contribution in [0.25, 0.3) is 0 Å². The van der Waals surface area contributed by atoms with Gasteiger partial charge in [-0.15, -0.1) is 12.4 Å². The van der Waals surface area contributed by atoms with Crippen LogP contribution < -0.4 is 4.74 Å². The average molecular weight is 377 g/mol. The van der Waals surface area contributed by atoms with Crippen molar-refractivity contribution >= 4 is 46.7 Å². The Morgan fingerprint density at radius 2 is 2.26 bits per heavy atom. The van der Waals surface area contributed by atoms with Gasteiger partial charge in [0.15, 0.2) is 11.0 Å². The minimum absolute atomic E-state index is 0. The molecule has 4 nitrogen and oxygen atoms in total. The Bertz CT molecular complexity index is 567. The van der Waals surface area contributed by atoms with Crippen LogP contribution in [-0.2, 0) is 0 Å². The van der Waals surface area contributed by atoms with E-state index in [1.165, 1.54) is 11.8 Å². The van der Waals surface area contributed by atoms with Crippen molar-refractivity contribution in [2.45, 2.75) is 19.8 Å². The van der Waals surface area contributed by atoms with Crippen LogP contribution in [-0.4, -0.2) is 48.3 Å². The van der Waals surface area contributed by atoms with E-state index in [-0.39, 0.29) is 18.2 Å². The normalized spacial score (nSPS) is 13.5. The van der Waals surface area contributed by atoms with Gasteiger partial charge in [0.25, 0.3) is 0 Å². The molecule has 1 aromatic rings. The van der Waals surface area contributed by atoms with Gasteiger partial charge in [0.05, 0.1) is 23.9 Å². The molecule has 0 radical (unpaired) electrons. The molecule has 1 aliphatic rings. The first-order valence-corrected chi connectivity index (χ1v) is 8.82. The minimum Gasteiger partial charge on any atom is -0.492 e. The van der Waals surface area contributed by atoms with Gasteiger partial charge >= 0.3 is 0 Å². The number of rotatable bonds is 7. The summed E-state index contributed by atoms with van der Waals surface area (Å²) in [6.07, 6.45) is 2.06. The molecule has 1 aliphatic heterocycles. The number of ketones is 1. The SMILES string of the molecule is CCCCOc1ccc(C(=O)CSC2=NCCN2C)cc1Cl.Cl. The minimum atomic E-state index is 0. The fraction of sp³-hybridized carbons (Fsp3) is 0.500. The molecule has 0 unspecified atom stereocenters. The number of hydrogen-bond acceptors (Lipinski definition) is 5. The Morgan fingerprint density at radius 1 is 1.48 bits per heavy atom. The molecule has 23 heavy (non-hydrogen) atoms. The third-order valence-corrected chi connectivity index (χ3v) is 4.75. The second kappa shape index (κ2) is 10.1. The van der Waals surface area contributed by atoms with Crippen LogP contribution in [0.2, 0.25) is 5.02 Å². The van der Waals surface area contributed by atoms with Gasteiger partial charge in [-0.25, -0.2) is 0 Å². The number of nitrogens with zero attached hydrogens (tertiary/aromatic N) is 2. The summed E-state index contributed by atoms with van der Waals surface area (Å²) in [7, 11) is 1.99. The van der Waals surface area contributed by atoms with E-state index in [4.69, 9.17) is 16.3 Å². The third kappa shape index (κ3) is 5.90. The lowest BCUT2D eigenvalue weighted by Gasteiger charge is -2.12. The molecule has 0 spiro atoms. The molecule has 0 fully saturated rings. The van der Waals surface area contributed by atoms with Crippen LogP contribution in [0, 0.1) is 0 Å². The zero-order chi connectivity index (χ0) is 15.9. The molecule has 1 heterocycles. The van der Waals surface area contributed by atoms with Gasteiger partial charge < -0.3 is 9.64 Å². The Kier molecular flexibility index (Phi) is 8.81. The topological polar surface area (TPSA) is 41.9 Å². The number of amidine groups is 1. The molecule has 0 saturated heterocycles. The number of Topliss-reactive ketones (excluding diaryl/α,β-unsaturated/α-hetero) is 1. The quantitative estimate of drug-likeness (QED) is 0.529. The van der Waals surface area contributed by atoms with Crippen molar-refractivity contribution in [3.63, 3.8) is 0 Å². The van der Waals surface area contributed by atoms with Crippen LogP contribution >= 0.6 is 35.8 Å². The van der Waals surface area contributed by atoms with Gasteiger partial charge in [0.2, 0.25) is 0 Å². The van der Waals surface area contributed by atoms with Crippen molar-refractivity contribution in [2.75, 3.05) is 32.5 Å². The lowest BCUT2D eigenvalue weighted by atomic mass is 10.1. The van der Waals surface area contributed by atoms with Crippen molar-refractivity contribution in [3.05, 3.63) is 28.8 Å². The number of aliphatic imine (C=N–C) groups is 1. The maximum Gasteiger partial charge on any atom is 0.173 e. The maximum absolute atomic E-state index is 12.2. The van der Waals surface area contributed by atoms with E-state index in [1.807, 2.05) is 7.05 Å². The lowest BCUT2D eigenvalue weighted by molar-refractivity contribution is 0.102. The van der Waals surface area contributed by atoms with Crippen LogP contribution in [0.1, 0.15) is 30.1 Å². The second-order valence-corrected chi connectivity index (χ2v) is 6.49. The Balaban J connectivity index is 0.00000264. The number of unbranched alkanes of at least 4 members (excludes halogenated alkanes) is 1. The Hall–Kier alpha value is -0.910. The molecule has 7 heteroatoms. The molecule has 1 aromatic carbocycles. The molecular weight excluding hydrogens is 355 g/mol. The van der Waals surface area contributed by atoms with Gasteiger partial charge in [-0.05, 0) is 24.6 Å². The van der Waals surface area contributed by atoms with Crippen molar-refractivity contribution < 1.29 is 9.53 Å². The largest absolute Gasteiger partial charge is 0.492 e. The van der Waals surface area contributed by atoms with E-state index in [0.717, 1.165) is 31.1 Å². The Morgan fingerprint density at radius 3 is 2.87 bits per heavy atom. The molecule has 0 amide bonds. The van der Waals surface area contributed by atoms with Crippen molar-refractivity contribution in [1.82, 2.24) is 4.90 Å². The second-order valence-electron chi connectivity index (χ2n) is 5.14. The summed E-state index contributed by atoms with van der Waals surface area (Å²) in [5.41, 5.74) is 0.613. The smallest absolute Gasteiger partial charge is 0.173 e. The number of ether oxygens (including phenoxy) is 1. The molecule has 0 saturated carbocycles. The summed E-state index contributed by atoms with van der Waals surface area (Å²) in [5.74, 6) is 1.06. The molecule has 0 N–H and O–H groups in total. The highest BCUT2D eigenvalue weighted by atomic mass is 35.5. The van der Waals surface area contributed by atoms with Crippen LogP contribution in [0.4, 0.5) is 0 Å². The van der Waals surface area contributed by atoms with E-state index in [1.54, 1.807) is 18.2 Å². The van der Waals surface area contributed by atoms with Gasteiger partial charge in [0, 0.05) is 19.2 Å². The predicted octanol–water partition coefficient (Wildman–Crippen LogP) is 4.16. The van der Waals surface area contributed by atoms with Gasteiger partial charge in [-0.1, -0.05) is 36.7 Å². The maximum atomic E-state index is 12.2. The number of benzene rings is 1. The van der Waals surface area contributed by atoms with Gasteiger partial charge in [-0.2, -0.15) is 0 Å². The van der Waals surface area contributed by atoms with Gasteiger partial charge in [0.1, 0.15) is 5.75 Å². The first-order valence-electron chi connectivity index (χ1n) is 7.45. The monoisotopic (exact) mass is 376 g/mol. The first kappa shape index (κ1) is 20.1. The highest BCUT2D eigenvalue weighted by molar-refractivity contribution is 8.14. The number of hydrogen-bond donors (Lipinski definition) is 0. The highest BCUT2D eigenvalue weighted by Gasteiger charge is 2.16. The highest BCUT2D eigenvalue weighted by Crippen LogP contribution is 2.26. The van der Waals surface area contributed by atoms with E-state index >= 15 is 0 Å². The molecule has 0 aliphatic carbocycles. The lowest BCUT2D eigenvalue weighted by Crippen LogP contribution is -2.21. The van der Waals surface area contributed by atoms with Crippen LogP contribution in [0.3, 0.4) is 0 Å². The van der Waals surface area contributed by atoms with Crippen LogP contribution in [0.15, 0.2) is 23.2 Å². The van der Waals surface area contributed by atoms with Crippen molar-refractivity contribution in [1.29, 1.82) is 0 Å². The first-order chi connectivity index (χ1) is 10.6. The summed E-state index contributed by atoms with van der Waals surface area (Å²) in [4.78, 5) is 18.7. The molecule has 2 rings (SSSR count). The summed E-state index contributed by atoms with van der Waals surface area (Å²) < 4.78 is 5.59. The third-order valence-electron chi connectivity index (χ3n) is 3.35. The fourth-order valence-electron chi connectivity index (χ4n) is 2.00. The van der Waals surface area contributed by atoms with E-state index in [2.05, 4.69) is 16.8 Å². The zero-order valence-electron chi connectivity index (χ0n) is 13.4. The van der Waals surface area contributed by atoms with E-state index in [9.17, 15) is 4.79 Å². The zero-order valence-corrected chi connectivity index (χ0v) is 15.8. The number of carbonyl (C=O) groups is 1. The van der Waals surface area contributed by atoms with Gasteiger partial charge in [-0.3, -0.25) is 9.79 Å². The summed E-state index contributed by atoms with van der Waals surface area (Å²) in [6.45, 7) is 4.48. The summed E-state index contributed by atoms with van der Waals surface area (Å²) >= 11 is 7.66. The molecule has 0 bridgehead atoms. The number of halogens is 2. The number of thioether (sulfide) groups is 1. The average Bonchev–Trinajstić information content (AvgIpc) is 2.92. The van der Waals surface area contributed by atoms with Crippen molar-refractivity contribution in [3.8, 4) is 5.75 Å². The van der Waals surface area contributed by atoms with E-state index < -0.39 is 0 Å². The summed E-state index contributed by atoms with van der Waals surface area (Å²) in [6, 6.07) is 5.23. The standard InChI is InChI=1S/C16H21ClN2O2S.ClH/c1-3-4-9-21-15-6-5-12(10-13(15)17)14(20)11-22-16-18-7-8-19(16)2;/h5-6,10H,3-4,7-9,11H2,1-2H3;1H. The molecule has 0 aromatic heterocycles. The Labute approximate surface area is 153 Å². The molecule has 128 valence electrons. The van der Waals surface area contributed by atoms with Crippen LogP contribution in [0.5, 0.6) is 5.75 Å².